The van der Waals surface area contributed by atoms with Crippen LogP contribution in [-0.2, 0) is 9.47 Å². The molecule has 3 heterocycles. The number of thiocarbonyl (C=S) groups is 1. The summed E-state index contributed by atoms with van der Waals surface area (Å²) in [7, 11) is 0. The van der Waals surface area contributed by atoms with Crippen LogP contribution in [0.25, 0.3) is 0 Å². The molecule has 1 unspecified atom stereocenters. The van der Waals surface area contributed by atoms with Gasteiger partial charge in [-0.3, -0.25) is 5.32 Å². The zero-order valence-corrected chi connectivity index (χ0v) is 16.1. The van der Waals surface area contributed by atoms with Gasteiger partial charge in [0.15, 0.2) is 5.11 Å². The molecule has 0 saturated carbocycles. The highest BCUT2D eigenvalue weighted by atomic mass is 32.1. The van der Waals surface area contributed by atoms with Crippen molar-refractivity contribution in [3.8, 4) is 0 Å². The Morgan fingerprint density at radius 2 is 2.00 bits per heavy atom. The van der Waals surface area contributed by atoms with Crippen molar-refractivity contribution in [2.45, 2.75) is 32.8 Å². The van der Waals surface area contributed by atoms with Gasteiger partial charge in [-0.25, -0.2) is 9.97 Å². The predicted octanol–water partition coefficient (Wildman–Crippen LogP) is 1.25. The van der Waals surface area contributed by atoms with Crippen LogP contribution in [-0.4, -0.2) is 71.5 Å². The van der Waals surface area contributed by atoms with Gasteiger partial charge in [0.05, 0.1) is 19.3 Å². The maximum atomic E-state index is 5.61. The van der Waals surface area contributed by atoms with Gasteiger partial charge in [0.1, 0.15) is 0 Å². The summed E-state index contributed by atoms with van der Waals surface area (Å²) >= 11 is 5.41. The molecule has 2 N–H and O–H groups in total. The average molecular weight is 379 g/mol. The van der Waals surface area contributed by atoms with Crippen LogP contribution in [0.3, 0.4) is 0 Å². The van der Waals surface area contributed by atoms with Crippen molar-refractivity contribution in [1.82, 2.24) is 20.2 Å². The normalized spacial score (nSPS) is 20.9. The molecule has 1 atom stereocenters. The fraction of sp³-hybridized carbons (Fsp3) is 0.647. The quantitative estimate of drug-likeness (QED) is 0.462. The van der Waals surface area contributed by atoms with E-state index >= 15 is 0 Å². The van der Waals surface area contributed by atoms with Crippen LogP contribution >= 0.6 is 12.2 Å². The van der Waals surface area contributed by atoms with E-state index in [1.807, 2.05) is 19.9 Å². The van der Waals surface area contributed by atoms with Gasteiger partial charge in [0.25, 0.3) is 0 Å². The Bertz CT molecular complexity index is 636. The molecular weight excluding hydrogens is 352 g/mol. The molecule has 3 rings (SSSR count). The Hall–Kier alpha value is -1.84. The summed E-state index contributed by atoms with van der Waals surface area (Å²) < 4.78 is 11.1. The van der Waals surface area contributed by atoms with Crippen LogP contribution in [0, 0.1) is 13.8 Å². The number of hydrogen-bond donors (Lipinski definition) is 2. The van der Waals surface area contributed by atoms with Crippen LogP contribution in [0.2, 0.25) is 0 Å². The lowest BCUT2D eigenvalue weighted by molar-refractivity contribution is 0.0680. The fourth-order valence-corrected chi connectivity index (χ4v) is 3.15. The molecule has 8 nitrogen and oxygen atoms in total. The number of aromatic nitrogens is 2. The van der Waals surface area contributed by atoms with Crippen LogP contribution in [0.4, 0.5) is 5.95 Å². The van der Waals surface area contributed by atoms with E-state index in [0.717, 1.165) is 43.9 Å². The first-order valence-corrected chi connectivity index (χ1v) is 9.41. The van der Waals surface area contributed by atoms with Crippen molar-refractivity contribution >= 4 is 29.2 Å². The Labute approximate surface area is 159 Å². The number of hydrogen-bond acceptors (Lipinski definition) is 5. The second-order valence-electron chi connectivity index (χ2n) is 6.46. The minimum absolute atomic E-state index is 0.214. The van der Waals surface area contributed by atoms with Crippen molar-refractivity contribution in [1.29, 1.82) is 0 Å². The maximum absolute atomic E-state index is 5.61. The lowest BCUT2D eigenvalue weighted by Crippen LogP contribution is -2.45. The summed E-state index contributed by atoms with van der Waals surface area (Å²) in [5, 5.41) is 6.84. The fourth-order valence-electron chi connectivity index (χ4n) is 2.98. The zero-order valence-electron chi connectivity index (χ0n) is 15.3. The molecule has 0 amide bonds. The van der Waals surface area contributed by atoms with Crippen LogP contribution in [0.15, 0.2) is 11.1 Å². The summed E-state index contributed by atoms with van der Waals surface area (Å²) in [6, 6.07) is 1.94. The third-order valence-corrected chi connectivity index (χ3v) is 4.46. The highest BCUT2D eigenvalue weighted by Crippen LogP contribution is 2.11. The molecule has 2 aliphatic rings. The van der Waals surface area contributed by atoms with Gasteiger partial charge in [-0.2, -0.15) is 4.99 Å². The molecule has 0 aromatic carbocycles. The van der Waals surface area contributed by atoms with Crippen molar-refractivity contribution < 1.29 is 9.47 Å². The van der Waals surface area contributed by atoms with Gasteiger partial charge >= 0.3 is 0 Å². The summed E-state index contributed by atoms with van der Waals surface area (Å²) in [6.45, 7) is 8.19. The van der Waals surface area contributed by atoms with Gasteiger partial charge in [0, 0.05) is 37.6 Å². The number of rotatable bonds is 3. The van der Waals surface area contributed by atoms with Gasteiger partial charge < -0.3 is 19.7 Å². The van der Waals surface area contributed by atoms with Gasteiger partial charge in [-0.15, -0.1) is 0 Å². The molecule has 142 valence electrons. The average Bonchev–Trinajstić information content (AvgIpc) is 3.13. The largest absolute Gasteiger partial charge is 0.378 e. The lowest BCUT2D eigenvalue weighted by Gasteiger charge is -2.29. The van der Waals surface area contributed by atoms with Crippen molar-refractivity contribution in [3.63, 3.8) is 0 Å². The second kappa shape index (κ2) is 9.20. The zero-order chi connectivity index (χ0) is 18.4. The summed E-state index contributed by atoms with van der Waals surface area (Å²) in [5.41, 5.74) is 1.81. The molecular formula is C17H26N6O2S. The van der Waals surface area contributed by atoms with E-state index in [0.29, 0.717) is 36.8 Å². The van der Waals surface area contributed by atoms with Gasteiger partial charge in [0.2, 0.25) is 11.9 Å². The minimum atomic E-state index is 0.214. The first-order chi connectivity index (χ1) is 12.6. The third-order valence-electron chi connectivity index (χ3n) is 4.23. The Morgan fingerprint density at radius 3 is 2.65 bits per heavy atom. The van der Waals surface area contributed by atoms with E-state index < -0.39 is 0 Å². The third kappa shape index (κ3) is 5.58. The Morgan fingerprint density at radius 1 is 1.27 bits per heavy atom. The minimum Gasteiger partial charge on any atom is -0.378 e. The molecule has 2 saturated heterocycles. The van der Waals surface area contributed by atoms with E-state index in [9.17, 15) is 0 Å². The highest BCUT2D eigenvalue weighted by molar-refractivity contribution is 7.80. The smallest absolute Gasteiger partial charge is 0.229 e. The SMILES string of the molecule is Cc1cc(C)nc(N/C(=N/C(=S)NCC2CCCO2)N2CCOCC2)n1. The topological polar surface area (TPSA) is 83.9 Å². The predicted molar refractivity (Wildman–Crippen MR) is 105 cm³/mol. The number of guanidine groups is 1. The highest BCUT2D eigenvalue weighted by Gasteiger charge is 2.19. The number of aliphatic imine (C=N–C) groups is 1. The van der Waals surface area contributed by atoms with Gasteiger partial charge in [-0.05, 0) is 45.0 Å². The van der Waals surface area contributed by atoms with E-state index in [2.05, 4.69) is 30.5 Å². The van der Waals surface area contributed by atoms with Crippen molar-refractivity contribution in [2.24, 2.45) is 4.99 Å². The van der Waals surface area contributed by atoms with Crippen LogP contribution in [0.1, 0.15) is 24.2 Å². The van der Waals surface area contributed by atoms with Crippen molar-refractivity contribution in [2.75, 3.05) is 44.8 Å². The standard InChI is InChI=1S/C17H26N6O2S/c1-12-10-13(2)20-15(19-12)21-16(23-5-8-24-9-6-23)22-17(26)18-11-14-4-3-7-25-14/h10,14H,3-9,11H2,1-2H3,(H2,18,19,20,21,22,26). The number of anilines is 1. The summed E-state index contributed by atoms with van der Waals surface area (Å²) in [5.74, 6) is 1.16. The maximum Gasteiger partial charge on any atom is 0.229 e. The van der Waals surface area contributed by atoms with E-state index in [1.165, 1.54) is 0 Å². The number of aryl methyl sites for hydroxylation is 2. The Balaban J connectivity index is 1.69. The molecule has 26 heavy (non-hydrogen) atoms. The molecule has 0 spiro atoms. The first-order valence-electron chi connectivity index (χ1n) is 9.00. The monoisotopic (exact) mass is 378 g/mol. The molecule has 0 bridgehead atoms. The number of nitrogens with zero attached hydrogens (tertiary/aromatic N) is 4. The Kier molecular flexibility index (Phi) is 6.70. The van der Waals surface area contributed by atoms with E-state index in [1.54, 1.807) is 0 Å². The van der Waals surface area contributed by atoms with Crippen LogP contribution in [0.5, 0.6) is 0 Å². The van der Waals surface area contributed by atoms with Crippen molar-refractivity contribution in [3.05, 3.63) is 17.5 Å². The van der Waals surface area contributed by atoms with E-state index in [-0.39, 0.29) is 6.10 Å². The second-order valence-corrected chi connectivity index (χ2v) is 6.84. The number of morpholine rings is 1. The molecule has 0 radical (unpaired) electrons. The lowest BCUT2D eigenvalue weighted by atomic mass is 10.2. The van der Waals surface area contributed by atoms with Gasteiger partial charge in [-0.1, -0.05) is 0 Å². The molecule has 2 fully saturated rings. The molecule has 0 aliphatic carbocycles. The molecule has 1 aromatic rings. The van der Waals surface area contributed by atoms with E-state index in [4.69, 9.17) is 21.7 Å². The van der Waals surface area contributed by atoms with Crippen LogP contribution < -0.4 is 10.6 Å². The number of nitrogens with one attached hydrogen (secondary N) is 2. The summed E-state index contributed by atoms with van der Waals surface area (Å²) in [4.78, 5) is 15.6. The number of ether oxygens (including phenoxy) is 2. The molecule has 2 aliphatic heterocycles. The first kappa shape index (κ1) is 18.9. The molecule has 1 aromatic heterocycles. The summed E-state index contributed by atoms with van der Waals surface area (Å²) in [6.07, 6.45) is 2.38. The molecule has 9 heteroatoms.